The normalized spacial score (nSPS) is 11.5. The molecule has 0 radical (unpaired) electrons. The molecule has 4 aromatic rings. The summed E-state index contributed by atoms with van der Waals surface area (Å²) in [5.74, 6) is -0.178. The lowest BCUT2D eigenvalue weighted by Crippen LogP contribution is -2.29. The minimum atomic E-state index is -3.50. The lowest BCUT2D eigenvalue weighted by Gasteiger charge is -2.22. The van der Waals surface area contributed by atoms with E-state index in [4.69, 9.17) is 0 Å². The molecule has 3 aromatic carbocycles. The predicted molar refractivity (Wildman–Crippen MR) is 138 cm³/mol. The van der Waals surface area contributed by atoms with Gasteiger partial charge < -0.3 is 5.32 Å². The maximum absolute atomic E-state index is 12.8. The molecule has 5 nitrogen and oxygen atoms in total. The number of fused-ring (bicyclic) bond motifs is 1. The molecule has 0 aliphatic heterocycles. The Hall–Kier alpha value is -3.16. The fourth-order valence-electron chi connectivity index (χ4n) is 3.80. The van der Waals surface area contributed by atoms with E-state index in [1.54, 1.807) is 6.07 Å². The first-order valence-electron chi connectivity index (χ1n) is 10.5. The van der Waals surface area contributed by atoms with Crippen LogP contribution in [0.5, 0.6) is 0 Å². The Balaban J connectivity index is 1.63. The van der Waals surface area contributed by atoms with Crippen molar-refractivity contribution < 1.29 is 13.2 Å². The Morgan fingerprint density at radius 3 is 2.18 bits per heavy atom. The highest BCUT2D eigenvalue weighted by Crippen LogP contribution is 2.31. The van der Waals surface area contributed by atoms with Crippen LogP contribution in [0, 0.1) is 20.8 Å². The monoisotopic (exact) mass is 478 g/mol. The number of nitrogens with one attached hydrogen (secondary N) is 1. The van der Waals surface area contributed by atoms with Gasteiger partial charge in [-0.15, -0.1) is 11.3 Å². The van der Waals surface area contributed by atoms with E-state index >= 15 is 0 Å². The molecule has 0 bridgehead atoms. The van der Waals surface area contributed by atoms with Crippen molar-refractivity contribution in [1.29, 1.82) is 0 Å². The third-order valence-corrected chi connectivity index (χ3v) is 7.59. The fourth-order valence-corrected chi connectivity index (χ4v) is 5.62. The van der Waals surface area contributed by atoms with Gasteiger partial charge in [0.2, 0.25) is 10.0 Å². The number of nitrogens with zero attached hydrogens (tertiary/aromatic N) is 1. The summed E-state index contributed by atoms with van der Waals surface area (Å²) in [5, 5.41) is 3.80. The summed E-state index contributed by atoms with van der Waals surface area (Å²) in [6.07, 6.45) is 1.21. The Kier molecular flexibility index (Phi) is 6.28. The Morgan fingerprint density at radius 2 is 1.55 bits per heavy atom. The van der Waals surface area contributed by atoms with Gasteiger partial charge in [-0.2, -0.15) is 0 Å². The average Bonchev–Trinajstić information content (AvgIpc) is 3.15. The van der Waals surface area contributed by atoms with E-state index in [1.807, 2.05) is 75.4 Å². The van der Waals surface area contributed by atoms with Crippen molar-refractivity contribution in [2.24, 2.45) is 0 Å². The molecule has 0 aliphatic rings. The Morgan fingerprint density at radius 1 is 0.879 bits per heavy atom. The molecule has 1 N–H and O–H groups in total. The second-order valence-corrected chi connectivity index (χ2v) is 11.4. The van der Waals surface area contributed by atoms with Crippen LogP contribution in [0.3, 0.4) is 0 Å². The molecular formula is C26H26N2O3S2. The van der Waals surface area contributed by atoms with Gasteiger partial charge in [-0.25, -0.2) is 8.42 Å². The van der Waals surface area contributed by atoms with E-state index in [0.717, 1.165) is 38.0 Å². The predicted octanol–water partition coefficient (Wildman–Crippen LogP) is 6.05. The number of hydrogen-bond donors (Lipinski definition) is 1. The second kappa shape index (κ2) is 9.00. The van der Waals surface area contributed by atoms with Crippen LogP contribution in [-0.2, 0) is 16.6 Å². The molecule has 0 atom stereocenters. The van der Waals surface area contributed by atoms with Crippen LogP contribution in [-0.4, -0.2) is 20.6 Å². The molecular weight excluding hydrogens is 452 g/mol. The van der Waals surface area contributed by atoms with Gasteiger partial charge in [0.25, 0.3) is 5.91 Å². The molecule has 33 heavy (non-hydrogen) atoms. The number of anilines is 2. The first-order valence-corrected chi connectivity index (χ1v) is 13.2. The van der Waals surface area contributed by atoms with E-state index < -0.39 is 10.0 Å². The van der Waals surface area contributed by atoms with Crippen LogP contribution >= 0.6 is 11.3 Å². The zero-order valence-corrected chi connectivity index (χ0v) is 20.7. The van der Waals surface area contributed by atoms with Crippen molar-refractivity contribution in [3.8, 4) is 0 Å². The molecule has 0 spiro atoms. The molecule has 0 saturated carbocycles. The number of carbonyl (C=O) groups is 1. The number of carbonyl (C=O) groups excluding carboxylic acids is 1. The minimum absolute atomic E-state index is 0.178. The zero-order valence-electron chi connectivity index (χ0n) is 19.0. The molecule has 170 valence electrons. The highest BCUT2D eigenvalue weighted by molar-refractivity contribution is 7.92. The van der Waals surface area contributed by atoms with Gasteiger partial charge in [0.05, 0.1) is 23.4 Å². The first-order chi connectivity index (χ1) is 15.6. The van der Waals surface area contributed by atoms with Gasteiger partial charge in [0, 0.05) is 10.4 Å². The maximum Gasteiger partial charge on any atom is 0.265 e. The Labute approximate surface area is 198 Å². The van der Waals surface area contributed by atoms with Crippen molar-refractivity contribution in [3.05, 3.63) is 93.9 Å². The van der Waals surface area contributed by atoms with Crippen molar-refractivity contribution in [1.82, 2.24) is 0 Å². The van der Waals surface area contributed by atoms with Gasteiger partial charge in [-0.05, 0) is 79.2 Å². The standard InChI is InChI=1S/C26H26N2O3S2/c1-17-5-7-20(8-6-17)16-28(33(4,30)31)23-9-10-24-21(14-23)15-25(32-24)26(29)27-22-12-18(2)11-19(3)13-22/h5-15H,16H2,1-4H3,(H,27,29). The molecule has 0 fully saturated rings. The van der Waals surface area contributed by atoms with E-state index in [-0.39, 0.29) is 12.5 Å². The molecule has 7 heteroatoms. The van der Waals surface area contributed by atoms with E-state index in [9.17, 15) is 13.2 Å². The molecule has 0 aliphatic carbocycles. The minimum Gasteiger partial charge on any atom is -0.321 e. The fraction of sp³-hybridized carbons (Fsp3) is 0.192. The number of hydrogen-bond acceptors (Lipinski definition) is 4. The summed E-state index contributed by atoms with van der Waals surface area (Å²) in [6, 6.07) is 21.0. The molecule has 1 heterocycles. The lowest BCUT2D eigenvalue weighted by atomic mass is 10.1. The number of thiophene rings is 1. The average molecular weight is 479 g/mol. The summed E-state index contributed by atoms with van der Waals surface area (Å²) in [4.78, 5) is 13.4. The summed E-state index contributed by atoms with van der Waals surface area (Å²) >= 11 is 1.39. The molecule has 0 saturated heterocycles. The van der Waals surface area contributed by atoms with Crippen molar-refractivity contribution in [3.63, 3.8) is 0 Å². The van der Waals surface area contributed by atoms with Gasteiger partial charge in [-0.3, -0.25) is 9.10 Å². The molecule has 4 rings (SSSR count). The SMILES string of the molecule is Cc1ccc(CN(c2ccc3sc(C(=O)Nc4cc(C)cc(C)c4)cc3c2)S(C)(=O)=O)cc1. The number of rotatable bonds is 6. The van der Waals surface area contributed by atoms with Crippen LogP contribution in [0.2, 0.25) is 0 Å². The van der Waals surface area contributed by atoms with Gasteiger partial charge in [0.1, 0.15) is 0 Å². The van der Waals surface area contributed by atoms with E-state index in [0.29, 0.717) is 10.6 Å². The highest BCUT2D eigenvalue weighted by atomic mass is 32.2. The number of sulfonamides is 1. The van der Waals surface area contributed by atoms with Crippen LogP contribution < -0.4 is 9.62 Å². The number of benzene rings is 3. The van der Waals surface area contributed by atoms with Crippen molar-refractivity contribution in [2.45, 2.75) is 27.3 Å². The zero-order chi connectivity index (χ0) is 23.8. The smallest absolute Gasteiger partial charge is 0.265 e. The van der Waals surface area contributed by atoms with Crippen LogP contribution in [0.4, 0.5) is 11.4 Å². The summed E-state index contributed by atoms with van der Waals surface area (Å²) in [5.41, 5.74) is 5.53. The number of amides is 1. The molecule has 1 amide bonds. The maximum atomic E-state index is 12.8. The van der Waals surface area contributed by atoms with E-state index in [2.05, 4.69) is 11.4 Å². The van der Waals surface area contributed by atoms with Crippen molar-refractivity contribution >= 4 is 48.7 Å². The van der Waals surface area contributed by atoms with Crippen LogP contribution in [0.25, 0.3) is 10.1 Å². The third-order valence-electron chi connectivity index (χ3n) is 5.34. The summed E-state index contributed by atoms with van der Waals surface area (Å²) < 4.78 is 27.5. The van der Waals surface area contributed by atoms with Crippen LogP contribution in [0.1, 0.15) is 31.9 Å². The lowest BCUT2D eigenvalue weighted by molar-refractivity contribution is 0.103. The van der Waals surface area contributed by atoms with Crippen molar-refractivity contribution in [2.75, 3.05) is 15.9 Å². The second-order valence-electron chi connectivity index (χ2n) is 8.42. The Bertz CT molecular complexity index is 1420. The highest BCUT2D eigenvalue weighted by Gasteiger charge is 2.19. The van der Waals surface area contributed by atoms with Gasteiger partial charge in [-0.1, -0.05) is 35.9 Å². The largest absolute Gasteiger partial charge is 0.321 e. The molecule has 0 unspecified atom stereocenters. The summed E-state index contributed by atoms with van der Waals surface area (Å²) in [6.45, 7) is 6.23. The molecule has 1 aromatic heterocycles. The van der Waals surface area contributed by atoms with Crippen LogP contribution in [0.15, 0.2) is 66.7 Å². The van der Waals surface area contributed by atoms with E-state index in [1.165, 1.54) is 21.9 Å². The summed E-state index contributed by atoms with van der Waals surface area (Å²) in [7, 11) is -3.50. The third kappa shape index (κ3) is 5.43. The topological polar surface area (TPSA) is 66.5 Å². The van der Waals surface area contributed by atoms with Gasteiger partial charge >= 0.3 is 0 Å². The quantitative estimate of drug-likeness (QED) is 0.367. The first kappa shape index (κ1) is 23.0. The number of aryl methyl sites for hydroxylation is 3. The van der Waals surface area contributed by atoms with Gasteiger partial charge in [0.15, 0.2) is 0 Å².